The Morgan fingerprint density at radius 1 is 1.56 bits per heavy atom. The van der Waals surface area contributed by atoms with Crippen molar-refractivity contribution in [2.75, 3.05) is 5.43 Å². The second-order valence-electron chi connectivity index (χ2n) is 3.66. The Hall–Kier alpha value is -2.10. The van der Waals surface area contributed by atoms with Crippen molar-refractivity contribution >= 4 is 16.5 Å². The second-order valence-corrected chi connectivity index (χ2v) is 4.77. The quantitative estimate of drug-likeness (QED) is 0.650. The molecule has 0 aliphatic heterocycles. The first kappa shape index (κ1) is 12.4. The molecule has 2 aromatic rings. The average molecular weight is 260 g/mol. The van der Waals surface area contributed by atoms with E-state index in [0.29, 0.717) is 23.1 Å². The molecule has 0 aliphatic rings. The Balaban J connectivity index is 2.08. The first-order valence-electron chi connectivity index (χ1n) is 5.28. The van der Waals surface area contributed by atoms with Gasteiger partial charge in [0.15, 0.2) is 5.13 Å². The maximum Gasteiger partial charge on any atom is 0.197 e. The molecule has 6 heteroatoms. The molecule has 0 bridgehead atoms. The number of rotatable bonds is 4. The number of hydrazine groups is 1. The minimum atomic E-state index is 0.412. The van der Waals surface area contributed by atoms with E-state index in [1.807, 2.05) is 13.0 Å². The maximum absolute atomic E-state index is 8.84. The van der Waals surface area contributed by atoms with Crippen LogP contribution in [0.3, 0.4) is 0 Å². The molecule has 18 heavy (non-hydrogen) atoms. The first-order valence-corrected chi connectivity index (χ1v) is 6.09. The van der Waals surface area contributed by atoms with Gasteiger partial charge in [0.05, 0.1) is 16.5 Å². The summed E-state index contributed by atoms with van der Waals surface area (Å²) >= 11 is 1.43. The van der Waals surface area contributed by atoms with Crippen LogP contribution in [0.4, 0.5) is 5.13 Å². The van der Waals surface area contributed by atoms with Gasteiger partial charge in [0.25, 0.3) is 0 Å². The number of benzene rings is 1. The van der Waals surface area contributed by atoms with Gasteiger partial charge < -0.3 is 4.74 Å². The van der Waals surface area contributed by atoms with E-state index in [1.165, 1.54) is 11.3 Å². The molecule has 3 N–H and O–H groups in total. The van der Waals surface area contributed by atoms with E-state index in [1.54, 1.807) is 18.3 Å². The molecule has 0 saturated heterocycles. The highest BCUT2D eigenvalue weighted by Gasteiger charge is 2.04. The van der Waals surface area contributed by atoms with Crippen LogP contribution >= 0.6 is 11.3 Å². The molecule has 0 saturated carbocycles. The molecule has 92 valence electrons. The summed E-state index contributed by atoms with van der Waals surface area (Å²) in [5, 5.41) is 9.49. The lowest BCUT2D eigenvalue weighted by atomic mass is 10.1. The summed E-state index contributed by atoms with van der Waals surface area (Å²) in [5.74, 6) is 5.97. The molecule has 0 aliphatic carbocycles. The monoisotopic (exact) mass is 260 g/mol. The van der Waals surface area contributed by atoms with Crippen LogP contribution in [-0.2, 0) is 6.61 Å². The molecule has 2 rings (SSSR count). The minimum absolute atomic E-state index is 0.412. The Morgan fingerprint density at radius 3 is 3.06 bits per heavy atom. The number of nitrogens with one attached hydrogen (secondary N) is 1. The topological polar surface area (TPSA) is 84.0 Å². The molecule has 1 heterocycles. The molecule has 5 nitrogen and oxygen atoms in total. The van der Waals surface area contributed by atoms with Gasteiger partial charge in [0.2, 0.25) is 0 Å². The smallest absolute Gasteiger partial charge is 0.197 e. The molecule has 0 radical (unpaired) electrons. The van der Waals surface area contributed by atoms with Gasteiger partial charge >= 0.3 is 0 Å². The summed E-state index contributed by atoms with van der Waals surface area (Å²) in [6.45, 7) is 2.35. The zero-order valence-electron chi connectivity index (χ0n) is 9.80. The van der Waals surface area contributed by atoms with Crippen molar-refractivity contribution < 1.29 is 4.74 Å². The van der Waals surface area contributed by atoms with Gasteiger partial charge in [-0.25, -0.2) is 10.8 Å². The van der Waals surface area contributed by atoms with Gasteiger partial charge in [-0.3, -0.25) is 5.43 Å². The number of anilines is 1. The fraction of sp³-hybridized carbons (Fsp3) is 0.167. The van der Waals surface area contributed by atoms with Crippen LogP contribution in [0.25, 0.3) is 0 Å². The predicted molar refractivity (Wildman–Crippen MR) is 70.2 cm³/mol. The van der Waals surface area contributed by atoms with E-state index in [0.717, 1.165) is 10.4 Å². The van der Waals surface area contributed by atoms with Crippen LogP contribution in [0.1, 0.15) is 16.0 Å². The zero-order chi connectivity index (χ0) is 13.0. The Kier molecular flexibility index (Phi) is 3.77. The number of ether oxygens (including phenoxy) is 1. The number of nitrogen functional groups attached to an aromatic ring is 1. The van der Waals surface area contributed by atoms with E-state index < -0.39 is 0 Å². The normalized spacial score (nSPS) is 9.83. The van der Waals surface area contributed by atoms with Crippen molar-refractivity contribution in [3.8, 4) is 11.8 Å². The standard InChI is InChI=1S/C12H12N4OS/c1-8-2-3-9(5-13)4-11(8)17-7-10-6-15-12(16-14)18-10/h2-4,6H,7,14H2,1H3,(H,15,16). The summed E-state index contributed by atoms with van der Waals surface area (Å²) in [5.41, 5.74) is 4.07. The molecule has 0 unspecified atom stereocenters. The van der Waals surface area contributed by atoms with Crippen LogP contribution in [0.5, 0.6) is 5.75 Å². The number of nitriles is 1. The van der Waals surface area contributed by atoms with Gasteiger partial charge in [0.1, 0.15) is 12.4 Å². The van der Waals surface area contributed by atoms with Crippen molar-refractivity contribution in [1.29, 1.82) is 5.26 Å². The molecule has 1 aromatic heterocycles. The maximum atomic E-state index is 8.84. The third kappa shape index (κ3) is 2.77. The fourth-order valence-electron chi connectivity index (χ4n) is 1.41. The number of nitrogens with two attached hydrogens (primary N) is 1. The molecule has 0 amide bonds. The van der Waals surface area contributed by atoms with Gasteiger partial charge in [-0.1, -0.05) is 17.4 Å². The zero-order valence-corrected chi connectivity index (χ0v) is 10.6. The highest BCUT2D eigenvalue weighted by Crippen LogP contribution is 2.23. The van der Waals surface area contributed by atoms with Gasteiger partial charge in [-0.05, 0) is 24.6 Å². The van der Waals surface area contributed by atoms with E-state index in [4.69, 9.17) is 15.8 Å². The van der Waals surface area contributed by atoms with Gasteiger partial charge in [-0.15, -0.1) is 0 Å². The van der Waals surface area contributed by atoms with Crippen molar-refractivity contribution in [3.05, 3.63) is 40.4 Å². The minimum Gasteiger partial charge on any atom is -0.488 e. The molecule has 0 atom stereocenters. The van der Waals surface area contributed by atoms with E-state index in [2.05, 4.69) is 16.5 Å². The Labute approximate surface area is 109 Å². The number of thiazole rings is 1. The van der Waals surface area contributed by atoms with E-state index >= 15 is 0 Å². The lowest BCUT2D eigenvalue weighted by Crippen LogP contribution is -2.05. The Bertz CT molecular complexity index is 588. The molecule has 1 aromatic carbocycles. The van der Waals surface area contributed by atoms with Gasteiger partial charge in [-0.2, -0.15) is 5.26 Å². The number of hydrogen-bond donors (Lipinski definition) is 2. The van der Waals surface area contributed by atoms with E-state index in [-0.39, 0.29) is 0 Å². The second kappa shape index (κ2) is 5.49. The Morgan fingerprint density at radius 2 is 2.39 bits per heavy atom. The summed E-state index contributed by atoms with van der Waals surface area (Å²) in [6, 6.07) is 7.46. The van der Waals surface area contributed by atoms with Crippen LogP contribution in [-0.4, -0.2) is 4.98 Å². The highest BCUT2D eigenvalue weighted by molar-refractivity contribution is 7.15. The summed E-state index contributed by atoms with van der Waals surface area (Å²) < 4.78 is 5.67. The molecule has 0 spiro atoms. The average Bonchev–Trinajstić information content (AvgIpc) is 2.86. The fourth-order valence-corrected chi connectivity index (χ4v) is 2.05. The SMILES string of the molecule is Cc1ccc(C#N)cc1OCc1cnc(NN)s1. The van der Waals surface area contributed by atoms with Crippen molar-refractivity contribution in [2.45, 2.75) is 13.5 Å². The number of aryl methyl sites for hydroxylation is 1. The molecular formula is C12H12N4OS. The van der Waals surface area contributed by atoms with Crippen LogP contribution < -0.4 is 16.0 Å². The van der Waals surface area contributed by atoms with Gasteiger partial charge in [0, 0.05) is 6.20 Å². The van der Waals surface area contributed by atoms with Crippen LogP contribution in [0, 0.1) is 18.3 Å². The first-order chi connectivity index (χ1) is 8.72. The lowest BCUT2D eigenvalue weighted by molar-refractivity contribution is 0.307. The number of hydrogen-bond acceptors (Lipinski definition) is 6. The predicted octanol–water partition coefficient (Wildman–Crippen LogP) is 2.19. The number of aromatic nitrogens is 1. The highest BCUT2D eigenvalue weighted by atomic mass is 32.1. The van der Waals surface area contributed by atoms with Crippen molar-refractivity contribution in [3.63, 3.8) is 0 Å². The van der Waals surface area contributed by atoms with Crippen LogP contribution in [0.15, 0.2) is 24.4 Å². The summed E-state index contributed by atoms with van der Waals surface area (Å²) in [7, 11) is 0. The lowest BCUT2D eigenvalue weighted by Gasteiger charge is -2.07. The summed E-state index contributed by atoms with van der Waals surface area (Å²) in [4.78, 5) is 5.02. The molecular weight excluding hydrogens is 248 g/mol. The summed E-state index contributed by atoms with van der Waals surface area (Å²) in [6.07, 6.45) is 1.71. The van der Waals surface area contributed by atoms with E-state index in [9.17, 15) is 0 Å². The largest absolute Gasteiger partial charge is 0.488 e. The third-order valence-electron chi connectivity index (χ3n) is 2.36. The third-order valence-corrected chi connectivity index (χ3v) is 3.27. The van der Waals surface area contributed by atoms with Crippen molar-refractivity contribution in [2.24, 2.45) is 5.84 Å². The van der Waals surface area contributed by atoms with Crippen LogP contribution in [0.2, 0.25) is 0 Å². The van der Waals surface area contributed by atoms with Crippen molar-refractivity contribution in [1.82, 2.24) is 4.98 Å². The molecule has 0 fully saturated rings. The number of nitrogens with zero attached hydrogens (tertiary/aromatic N) is 2.